The highest BCUT2D eigenvalue weighted by Crippen LogP contribution is 2.35. The number of methoxy groups -OCH3 is 1. The van der Waals surface area contributed by atoms with Gasteiger partial charge in [-0.25, -0.2) is 0 Å². The number of ether oxygens (including phenoxy) is 1. The van der Waals surface area contributed by atoms with Gasteiger partial charge in [-0.05, 0) is 48.4 Å². The molecule has 4 rings (SSSR count). The average molecular weight is 389 g/mol. The minimum atomic E-state index is -0.166. The summed E-state index contributed by atoms with van der Waals surface area (Å²) in [5.41, 5.74) is 3.17. The number of pyridine rings is 1. The second kappa shape index (κ2) is 7.44. The number of carbonyl (C=O) groups excluding carboxylic acids is 1. The Morgan fingerprint density at radius 1 is 1.04 bits per heavy atom. The highest BCUT2D eigenvalue weighted by atomic mass is 32.1. The van der Waals surface area contributed by atoms with Crippen LogP contribution in [0, 0.1) is 0 Å². The Balaban J connectivity index is 1.90. The third-order valence-corrected chi connectivity index (χ3v) is 5.93. The summed E-state index contributed by atoms with van der Waals surface area (Å²) in [4.78, 5) is 26.0. The van der Waals surface area contributed by atoms with Crippen molar-refractivity contribution in [1.82, 2.24) is 4.57 Å². The normalized spacial score (nSPS) is 10.9. The number of benzene rings is 2. The monoisotopic (exact) mass is 389 g/mol. The standard InChI is InChI=1S/C23H19NO3S/c1-15(25)19-12-22(26)24(14-16-6-4-3-5-7-16)20-13-21(28-23(19)20)17-8-10-18(27-2)11-9-17/h3-13H,14H2,1-2H3. The van der Waals surface area contributed by atoms with Crippen LogP contribution in [0.25, 0.3) is 20.7 Å². The van der Waals surface area contributed by atoms with E-state index in [1.165, 1.54) is 24.3 Å². The summed E-state index contributed by atoms with van der Waals surface area (Å²) in [6, 6.07) is 21.1. The van der Waals surface area contributed by atoms with E-state index in [0.29, 0.717) is 12.1 Å². The summed E-state index contributed by atoms with van der Waals surface area (Å²) >= 11 is 1.53. The first-order chi connectivity index (χ1) is 13.6. The smallest absolute Gasteiger partial charge is 0.252 e. The molecule has 4 nitrogen and oxygen atoms in total. The van der Waals surface area contributed by atoms with Crippen molar-refractivity contribution in [2.24, 2.45) is 0 Å². The number of thiophene rings is 1. The first-order valence-electron chi connectivity index (χ1n) is 8.93. The van der Waals surface area contributed by atoms with E-state index in [1.807, 2.05) is 60.7 Å². The topological polar surface area (TPSA) is 48.3 Å². The lowest BCUT2D eigenvalue weighted by Gasteiger charge is -2.09. The van der Waals surface area contributed by atoms with Gasteiger partial charge in [-0.2, -0.15) is 0 Å². The Kier molecular flexibility index (Phi) is 4.84. The van der Waals surface area contributed by atoms with Crippen LogP contribution in [-0.2, 0) is 6.54 Å². The highest BCUT2D eigenvalue weighted by Gasteiger charge is 2.16. The van der Waals surface area contributed by atoms with Gasteiger partial charge in [0.2, 0.25) is 0 Å². The zero-order valence-corrected chi connectivity index (χ0v) is 16.5. The van der Waals surface area contributed by atoms with E-state index in [2.05, 4.69) is 0 Å². The van der Waals surface area contributed by atoms with Crippen molar-refractivity contribution in [3.05, 3.63) is 88.2 Å². The maximum Gasteiger partial charge on any atom is 0.252 e. The fraction of sp³-hybridized carbons (Fsp3) is 0.130. The number of Topliss-reactive ketones (excluding diaryl/α,β-unsaturated/α-hetero) is 1. The number of hydrogen-bond donors (Lipinski definition) is 0. The lowest BCUT2D eigenvalue weighted by Crippen LogP contribution is -2.21. The number of ketones is 1. The molecule has 0 spiro atoms. The molecule has 5 heteroatoms. The average Bonchev–Trinajstić information content (AvgIpc) is 3.16. The van der Waals surface area contributed by atoms with Crippen molar-refractivity contribution in [1.29, 1.82) is 0 Å². The molecule has 0 N–H and O–H groups in total. The summed E-state index contributed by atoms with van der Waals surface area (Å²) < 4.78 is 7.81. The molecule has 2 aromatic carbocycles. The third kappa shape index (κ3) is 3.37. The zero-order chi connectivity index (χ0) is 19.7. The van der Waals surface area contributed by atoms with E-state index in [9.17, 15) is 9.59 Å². The SMILES string of the molecule is COc1ccc(-c2cc3c(s2)c(C(C)=O)cc(=O)n3Cc2ccccc2)cc1. The highest BCUT2D eigenvalue weighted by molar-refractivity contribution is 7.22. The molecule has 0 atom stereocenters. The molecule has 0 saturated carbocycles. The molecule has 4 aromatic rings. The largest absolute Gasteiger partial charge is 0.497 e. The minimum Gasteiger partial charge on any atom is -0.497 e. The molecule has 0 amide bonds. The third-order valence-electron chi connectivity index (χ3n) is 4.72. The number of carbonyl (C=O) groups is 1. The van der Waals surface area contributed by atoms with Crippen LogP contribution >= 0.6 is 11.3 Å². The van der Waals surface area contributed by atoms with E-state index in [-0.39, 0.29) is 11.3 Å². The van der Waals surface area contributed by atoms with Gasteiger partial charge < -0.3 is 9.30 Å². The van der Waals surface area contributed by atoms with Crippen LogP contribution < -0.4 is 10.3 Å². The van der Waals surface area contributed by atoms with Gasteiger partial charge in [0.05, 0.1) is 23.9 Å². The zero-order valence-electron chi connectivity index (χ0n) is 15.6. The van der Waals surface area contributed by atoms with Crippen LogP contribution in [0.5, 0.6) is 5.75 Å². The van der Waals surface area contributed by atoms with Gasteiger partial charge in [0.1, 0.15) is 5.75 Å². The quantitative estimate of drug-likeness (QED) is 0.452. The minimum absolute atomic E-state index is 0.0999. The van der Waals surface area contributed by atoms with Crippen LogP contribution in [0.4, 0.5) is 0 Å². The predicted molar refractivity (Wildman–Crippen MR) is 114 cm³/mol. The molecule has 2 aromatic heterocycles. The van der Waals surface area contributed by atoms with Crippen molar-refractivity contribution in [2.45, 2.75) is 13.5 Å². The Hall–Kier alpha value is -3.18. The second-order valence-corrected chi connectivity index (χ2v) is 7.63. The number of nitrogens with zero attached hydrogens (tertiary/aromatic N) is 1. The van der Waals surface area contributed by atoms with Gasteiger partial charge in [-0.15, -0.1) is 11.3 Å². The molecule has 0 saturated heterocycles. The molecular formula is C23H19NO3S. The molecule has 2 heterocycles. The molecule has 140 valence electrons. The van der Waals surface area contributed by atoms with Crippen molar-refractivity contribution in [3.8, 4) is 16.2 Å². The first-order valence-corrected chi connectivity index (χ1v) is 9.75. The number of aromatic nitrogens is 1. The van der Waals surface area contributed by atoms with E-state index in [0.717, 1.165) is 32.0 Å². The van der Waals surface area contributed by atoms with Crippen LogP contribution in [0.15, 0.2) is 71.5 Å². The van der Waals surface area contributed by atoms with E-state index in [1.54, 1.807) is 11.7 Å². The van der Waals surface area contributed by atoms with Gasteiger partial charge >= 0.3 is 0 Å². The van der Waals surface area contributed by atoms with Crippen molar-refractivity contribution in [2.75, 3.05) is 7.11 Å². The maximum atomic E-state index is 12.8. The molecule has 0 fully saturated rings. The number of hydrogen-bond acceptors (Lipinski definition) is 4. The van der Waals surface area contributed by atoms with Gasteiger partial charge in [0.25, 0.3) is 5.56 Å². The molecule has 28 heavy (non-hydrogen) atoms. The maximum absolute atomic E-state index is 12.8. The van der Waals surface area contributed by atoms with Crippen molar-refractivity contribution < 1.29 is 9.53 Å². The van der Waals surface area contributed by atoms with Crippen LogP contribution in [-0.4, -0.2) is 17.5 Å². The van der Waals surface area contributed by atoms with E-state index in [4.69, 9.17) is 4.74 Å². The predicted octanol–water partition coefficient (Wildman–Crippen LogP) is 4.99. The number of fused-ring (bicyclic) bond motifs is 1. The summed E-state index contributed by atoms with van der Waals surface area (Å²) in [7, 11) is 1.63. The van der Waals surface area contributed by atoms with Gasteiger partial charge in [0, 0.05) is 16.5 Å². The molecule has 0 aliphatic heterocycles. The first kappa shape index (κ1) is 18.2. The van der Waals surface area contributed by atoms with Crippen molar-refractivity contribution >= 4 is 27.3 Å². The number of rotatable bonds is 5. The molecule has 0 aliphatic rings. The molecule has 0 radical (unpaired) electrons. The lowest BCUT2D eigenvalue weighted by atomic mass is 10.1. The van der Waals surface area contributed by atoms with Gasteiger partial charge in [0.15, 0.2) is 5.78 Å². The summed E-state index contributed by atoms with van der Waals surface area (Å²) in [5.74, 6) is 0.687. The van der Waals surface area contributed by atoms with Crippen molar-refractivity contribution in [3.63, 3.8) is 0 Å². The molecular weight excluding hydrogens is 370 g/mol. The fourth-order valence-electron chi connectivity index (χ4n) is 3.25. The molecule has 0 bridgehead atoms. The Bertz CT molecular complexity index is 1200. The lowest BCUT2D eigenvalue weighted by molar-refractivity contribution is 0.101. The van der Waals surface area contributed by atoms with Crippen LogP contribution in [0.1, 0.15) is 22.8 Å². The van der Waals surface area contributed by atoms with Gasteiger partial charge in [-0.3, -0.25) is 9.59 Å². The van der Waals surface area contributed by atoms with Crippen LogP contribution in [0.3, 0.4) is 0 Å². The van der Waals surface area contributed by atoms with Crippen LogP contribution in [0.2, 0.25) is 0 Å². The molecule has 0 unspecified atom stereocenters. The summed E-state index contributed by atoms with van der Waals surface area (Å²) in [6.07, 6.45) is 0. The summed E-state index contributed by atoms with van der Waals surface area (Å²) in [6.45, 7) is 1.97. The fourth-order valence-corrected chi connectivity index (χ4v) is 4.48. The Morgan fingerprint density at radius 3 is 2.39 bits per heavy atom. The molecule has 0 aliphatic carbocycles. The van der Waals surface area contributed by atoms with Gasteiger partial charge in [-0.1, -0.05) is 30.3 Å². The Morgan fingerprint density at radius 2 is 1.75 bits per heavy atom. The van der Waals surface area contributed by atoms with E-state index >= 15 is 0 Å². The van der Waals surface area contributed by atoms with E-state index < -0.39 is 0 Å². The second-order valence-electron chi connectivity index (χ2n) is 6.58. The summed E-state index contributed by atoms with van der Waals surface area (Å²) in [5, 5.41) is 0. The Labute approximate surface area is 166 Å².